The van der Waals surface area contributed by atoms with Gasteiger partial charge in [0.2, 0.25) is 0 Å². The number of benzene rings is 20. The van der Waals surface area contributed by atoms with Crippen LogP contribution in [0.15, 0.2) is 455 Å². The maximum absolute atomic E-state index is 5.21. The third-order valence-corrected chi connectivity index (χ3v) is 28.3. The Labute approximate surface area is 780 Å². The molecule has 0 aliphatic rings. The molecule has 20 aromatic carbocycles. The molecular formula is C125H81N11. The molecule has 0 bridgehead atoms. The van der Waals surface area contributed by atoms with E-state index in [-0.39, 0.29) is 0 Å². The lowest BCUT2D eigenvalue weighted by Crippen LogP contribution is -2.00. The van der Waals surface area contributed by atoms with Crippen molar-refractivity contribution < 1.29 is 0 Å². The number of aryl methyl sites for hydroxylation is 2. The van der Waals surface area contributed by atoms with Gasteiger partial charge in [0.15, 0.2) is 17.5 Å². The van der Waals surface area contributed by atoms with Gasteiger partial charge in [-0.05, 0) is 207 Å². The zero-order valence-corrected chi connectivity index (χ0v) is 74.2. The number of fused-ring (bicyclic) bond motifs is 28. The van der Waals surface area contributed by atoms with Gasteiger partial charge in [0, 0.05) is 148 Å². The summed E-state index contributed by atoms with van der Waals surface area (Å²) in [5, 5.41) is 19.6. The van der Waals surface area contributed by atoms with Crippen molar-refractivity contribution >= 4 is 174 Å². The second-order valence-electron chi connectivity index (χ2n) is 35.8. The Morgan fingerprint density at radius 1 is 0.140 bits per heavy atom. The molecule has 0 N–H and O–H groups in total. The fourth-order valence-corrected chi connectivity index (χ4v) is 22.7. The Bertz CT molecular complexity index is 9920. The predicted molar refractivity (Wildman–Crippen MR) is 567 cm³/mol. The van der Waals surface area contributed by atoms with E-state index in [1.807, 2.05) is 36.4 Å². The molecular weight excluding hydrogens is 1660 g/mol. The summed E-state index contributed by atoms with van der Waals surface area (Å²) < 4.78 is 19.7. The van der Waals surface area contributed by atoms with Crippen molar-refractivity contribution in [2.75, 3.05) is 0 Å². The highest BCUT2D eigenvalue weighted by Crippen LogP contribution is 2.51. The summed E-state index contributed by atoms with van der Waals surface area (Å²) in [6.45, 7) is 4.57. The average molecular weight is 1740 g/mol. The van der Waals surface area contributed by atoms with Crippen molar-refractivity contribution in [3.05, 3.63) is 466 Å². The van der Waals surface area contributed by atoms with Crippen LogP contribution >= 0.6 is 0 Å². The van der Waals surface area contributed by atoms with Crippen molar-refractivity contribution in [3.63, 3.8) is 0 Å². The van der Waals surface area contributed by atoms with Crippen LogP contribution in [0.2, 0.25) is 0 Å². The average Bonchev–Trinajstić information content (AvgIpc) is 1.53. The van der Waals surface area contributed by atoms with Gasteiger partial charge in [-0.1, -0.05) is 273 Å². The normalized spacial score (nSPS) is 12.0. The summed E-state index contributed by atoms with van der Waals surface area (Å²) in [6, 6.07) is 165. The lowest BCUT2D eigenvalue weighted by Gasteiger charge is -2.11. The quantitative estimate of drug-likeness (QED) is 0.129. The molecule has 0 amide bonds. The molecule has 9 heterocycles. The van der Waals surface area contributed by atoms with Gasteiger partial charge in [0.25, 0.3) is 0 Å². The zero-order valence-electron chi connectivity index (χ0n) is 74.2. The van der Waals surface area contributed by atoms with Gasteiger partial charge in [-0.2, -0.15) is 0 Å². The number of hydrogen-bond donors (Lipinski definition) is 0. The van der Waals surface area contributed by atoms with E-state index < -0.39 is 0 Å². The van der Waals surface area contributed by atoms with Crippen molar-refractivity contribution in [3.8, 4) is 79.7 Å². The zero-order chi connectivity index (χ0) is 89.5. The molecule has 0 spiro atoms. The van der Waals surface area contributed by atoms with Crippen LogP contribution in [0.1, 0.15) is 11.1 Å². The Morgan fingerprint density at radius 3 is 0.743 bits per heavy atom. The molecule has 0 aliphatic carbocycles. The van der Waals surface area contributed by atoms with E-state index in [1.165, 1.54) is 142 Å². The Hall–Kier alpha value is -18.2. The number of aromatic nitrogens is 11. The van der Waals surface area contributed by atoms with Gasteiger partial charge in [-0.25, -0.2) is 15.0 Å². The van der Waals surface area contributed by atoms with Gasteiger partial charge in [0.1, 0.15) is 0 Å². The van der Waals surface area contributed by atoms with E-state index in [1.54, 1.807) is 0 Å². The molecule has 0 unspecified atom stereocenters. The molecule has 29 aromatic rings. The fourth-order valence-electron chi connectivity index (χ4n) is 22.7. The maximum atomic E-state index is 5.21. The summed E-state index contributed by atoms with van der Waals surface area (Å²) in [5.41, 5.74) is 33.2. The van der Waals surface area contributed by atoms with Crippen LogP contribution < -0.4 is 0 Å². The number of hydrogen-bond acceptors (Lipinski definition) is 3. The molecule has 9 aromatic heterocycles. The first-order chi connectivity index (χ1) is 67.4. The van der Waals surface area contributed by atoms with Crippen LogP contribution in [0.25, 0.3) is 254 Å². The first-order valence-corrected chi connectivity index (χ1v) is 46.6. The van der Waals surface area contributed by atoms with Gasteiger partial charge in [-0.3, -0.25) is 0 Å². The van der Waals surface area contributed by atoms with Gasteiger partial charge < -0.3 is 36.5 Å². The summed E-state index contributed by atoms with van der Waals surface area (Å²) >= 11 is 0. The fraction of sp³-hybridized carbons (Fsp3) is 0.0160. The van der Waals surface area contributed by atoms with Crippen LogP contribution in [-0.2, 0) is 0 Å². The molecule has 0 radical (unpaired) electrons. The van der Waals surface area contributed by atoms with E-state index in [2.05, 4.69) is 469 Å². The first kappa shape index (κ1) is 76.7. The van der Waals surface area contributed by atoms with Gasteiger partial charge in [0.05, 0.1) is 88.3 Å². The van der Waals surface area contributed by atoms with Gasteiger partial charge in [-0.15, -0.1) is 0 Å². The summed E-state index contributed by atoms with van der Waals surface area (Å²) in [7, 11) is 0. The smallest absolute Gasteiger partial charge is 0.164 e. The Morgan fingerprint density at radius 2 is 0.382 bits per heavy atom. The highest BCUT2D eigenvalue weighted by Gasteiger charge is 2.30. The number of nitrogens with zero attached hydrogens (tertiary/aromatic N) is 11. The monoisotopic (exact) mass is 1740 g/mol. The lowest BCUT2D eigenvalue weighted by molar-refractivity contribution is 1.07. The largest absolute Gasteiger partial charge is 0.309 e. The molecule has 0 aliphatic heterocycles. The van der Waals surface area contributed by atoms with Crippen LogP contribution in [0.4, 0.5) is 0 Å². The molecule has 11 heteroatoms. The van der Waals surface area contributed by atoms with E-state index in [9.17, 15) is 0 Å². The molecule has 0 saturated heterocycles. The minimum atomic E-state index is 0.615. The van der Waals surface area contributed by atoms with Crippen LogP contribution in [0.3, 0.4) is 0 Å². The second-order valence-corrected chi connectivity index (χ2v) is 35.8. The first-order valence-electron chi connectivity index (χ1n) is 46.6. The third kappa shape index (κ3) is 11.4. The Kier molecular flexibility index (Phi) is 17.0. The van der Waals surface area contributed by atoms with E-state index >= 15 is 0 Å². The summed E-state index contributed by atoms with van der Waals surface area (Å²) in [5.74, 6) is 1.88. The molecule has 0 atom stereocenters. The minimum absolute atomic E-state index is 0.615. The van der Waals surface area contributed by atoms with Crippen molar-refractivity contribution in [1.82, 2.24) is 51.5 Å². The number of para-hydroxylation sites is 11. The van der Waals surface area contributed by atoms with E-state index in [0.29, 0.717) is 17.5 Å². The SMILES string of the molecule is Cc1cc2c(c3cc(-c4nc(-c5ccccc5)nc(-c5ccccc5)n4)ccc3n2-c2ccccc2)c2c1c1cc(-n3c4ccccc4c4c3ccc3c5ccccc5n(-c5ccccc5)c34)ccc1n2-c1ccccc1.Cc1cc2c(c3ccccc3n2-c2ccccc2)c2c1c1cc(-n3c4ccccc4c4c3ccc3c5ccccc5n(-c5ccccc5)c34)ccc1n2-c1ccccc1. The molecule has 11 nitrogen and oxygen atoms in total. The van der Waals surface area contributed by atoms with Crippen molar-refractivity contribution in [2.45, 2.75) is 13.8 Å². The topological polar surface area (TPSA) is 78.1 Å². The molecule has 636 valence electrons. The van der Waals surface area contributed by atoms with Crippen molar-refractivity contribution in [1.29, 1.82) is 0 Å². The lowest BCUT2D eigenvalue weighted by atomic mass is 10.0. The summed E-state index contributed by atoms with van der Waals surface area (Å²) in [6.07, 6.45) is 0. The van der Waals surface area contributed by atoms with Crippen LogP contribution in [0, 0.1) is 13.8 Å². The van der Waals surface area contributed by atoms with E-state index in [0.717, 1.165) is 106 Å². The van der Waals surface area contributed by atoms with E-state index in [4.69, 9.17) is 15.0 Å². The van der Waals surface area contributed by atoms with Crippen LogP contribution in [0.5, 0.6) is 0 Å². The Balaban J connectivity index is 0.000000139. The van der Waals surface area contributed by atoms with Crippen molar-refractivity contribution in [2.24, 2.45) is 0 Å². The standard InChI is InChI=1S/C70H45N7.C55H36N4/c1-44-41-62-65(55-42-47(35-38-59(55)74(62)48-25-11-4-12-26-48)70-72-68(45-21-7-2-8-22-45)71-69(73-70)46-23-9-3-10-24-46)67-63(44)56-43-51(36-39-60(56)77(67)50-29-15-6-16-30-50)75-58-34-20-18-32-54(58)64-61(75)40-37-53-52-31-17-19-33-57(52)76(66(53)64)49-27-13-5-14-28-49;1-35-33-50-53(43-25-13-15-27-46(43)56(50)36-17-5-2-6-18-36)55-51(35)44-34-39(29-31-48(44)59(55)38-21-9-4-10-22-38)57-47-28-16-12-24-42(47)52-49(57)32-30-41-40-23-11-14-26-45(40)58(54(41)52)37-19-7-3-8-20-37/h2-43H,1H3;2-34H,1H3. The predicted octanol–water partition coefficient (Wildman–Crippen LogP) is 32.0. The molecule has 0 saturated carbocycles. The third-order valence-electron chi connectivity index (χ3n) is 28.3. The summed E-state index contributed by atoms with van der Waals surface area (Å²) in [4.78, 5) is 15.5. The maximum Gasteiger partial charge on any atom is 0.164 e. The minimum Gasteiger partial charge on any atom is -0.309 e. The second kappa shape index (κ2) is 30.2. The number of rotatable bonds is 11. The molecule has 0 fully saturated rings. The highest BCUT2D eigenvalue weighted by molar-refractivity contribution is 6.32. The highest BCUT2D eigenvalue weighted by atomic mass is 15.1. The van der Waals surface area contributed by atoms with Gasteiger partial charge >= 0.3 is 0 Å². The van der Waals surface area contributed by atoms with Crippen LogP contribution in [-0.4, -0.2) is 51.5 Å². The molecule has 29 rings (SSSR count). The molecule has 136 heavy (non-hydrogen) atoms.